The average molecular weight is 781 g/mol. The minimum atomic E-state index is -1.82. The maximum absolute atomic E-state index is 13.0. The van der Waals surface area contributed by atoms with Gasteiger partial charge in [-0.2, -0.15) is 0 Å². The van der Waals surface area contributed by atoms with Crippen LogP contribution < -0.4 is 0 Å². The third-order valence-corrected chi connectivity index (χ3v) is 10.7. The molecule has 0 aromatic heterocycles. The molecule has 1 N–H and O–H groups in total. The lowest BCUT2D eigenvalue weighted by Crippen LogP contribution is -2.51. The van der Waals surface area contributed by atoms with Crippen LogP contribution in [-0.2, 0) is 64.1 Å². The summed E-state index contributed by atoms with van der Waals surface area (Å²) in [6, 6.07) is 40.4. The molecule has 9 nitrogen and oxygen atoms in total. The summed E-state index contributed by atoms with van der Waals surface area (Å²) in [4.78, 5) is 0. The van der Waals surface area contributed by atoms with Crippen LogP contribution in [0.1, 0.15) is 62.3 Å². The van der Waals surface area contributed by atoms with Crippen molar-refractivity contribution in [3.63, 3.8) is 0 Å². The van der Waals surface area contributed by atoms with Crippen molar-refractivity contribution in [2.75, 3.05) is 27.1 Å². The SMILES string of the molecule is C=C(CCC1(O)O[C@@](COCOC)(CC2COC(C)(C)O2)[C@H](OCc2ccccc2)[C@H]1OCc1ccccc1)[C@@H](OCc1ccccc1)[C@H](C)Cc1ccccc1. The summed E-state index contributed by atoms with van der Waals surface area (Å²) in [6.45, 7) is 11.9. The zero-order valence-corrected chi connectivity index (χ0v) is 33.9. The number of aliphatic hydroxyl groups is 1. The smallest absolute Gasteiger partial charge is 0.196 e. The summed E-state index contributed by atoms with van der Waals surface area (Å²) < 4.78 is 51.2. The van der Waals surface area contributed by atoms with Gasteiger partial charge in [-0.25, -0.2) is 0 Å². The highest BCUT2D eigenvalue weighted by atomic mass is 16.7. The van der Waals surface area contributed by atoms with E-state index in [4.69, 9.17) is 37.9 Å². The Morgan fingerprint density at radius 1 is 0.772 bits per heavy atom. The van der Waals surface area contributed by atoms with E-state index < -0.39 is 29.4 Å². The molecule has 0 bridgehead atoms. The molecule has 2 aliphatic rings. The van der Waals surface area contributed by atoms with Crippen molar-refractivity contribution < 1.29 is 43.0 Å². The predicted octanol–water partition coefficient (Wildman–Crippen LogP) is 8.58. The van der Waals surface area contributed by atoms with Crippen LogP contribution in [0.3, 0.4) is 0 Å². The van der Waals surface area contributed by atoms with E-state index in [0.717, 1.165) is 28.7 Å². The second-order valence-corrected chi connectivity index (χ2v) is 15.9. The van der Waals surface area contributed by atoms with E-state index in [0.29, 0.717) is 26.1 Å². The largest absolute Gasteiger partial charge is 0.369 e. The number of hydrogen-bond donors (Lipinski definition) is 1. The van der Waals surface area contributed by atoms with Gasteiger partial charge < -0.3 is 43.0 Å². The van der Waals surface area contributed by atoms with Crippen LogP contribution in [0.25, 0.3) is 0 Å². The molecule has 2 heterocycles. The second kappa shape index (κ2) is 20.3. The highest BCUT2D eigenvalue weighted by molar-refractivity contribution is 5.20. The highest BCUT2D eigenvalue weighted by Gasteiger charge is 2.65. The molecule has 2 saturated heterocycles. The Morgan fingerprint density at radius 3 is 1.82 bits per heavy atom. The van der Waals surface area contributed by atoms with Crippen LogP contribution in [0.15, 0.2) is 133 Å². The molecule has 0 spiro atoms. The Bertz CT molecular complexity index is 1770. The van der Waals surface area contributed by atoms with Crippen molar-refractivity contribution in [1.29, 1.82) is 0 Å². The first-order valence-electron chi connectivity index (χ1n) is 20.1. The molecule has 9 heteroatoms. The normalized spacial score (nSPS) is 25.3. The summed E-state index contributed by atoms with van der Waals surface area (Å²) in [5, 5.41) is 13.0. The molecule has 57 heavy (non-hydrogen) atoms. The van der Waals surface area contributed by atoms with Crippen LogP contribution in [0.4, 0.5) is 0 Å². The third-order valence-electron chi connectivity index (χ3n) is 10.7. The molecular formula is C48H60O9. The van der Waals surface area contributed by atoms with Crippen molar-refractivity contribution in [3.8, 4) is 0 Å². The van der Waals surface area contributed by atoms with Gasteiger partial charge in [-0.15, -0.1) is 0 Å². The van der Waals surface area contributed by atoms with Gasteiger partial charge >= 0.3 is 0 Å². The monoisotopic (exact) mass is 780 g/mol. The molecule has 7 atom stereocenters. The lowest BCUT2D eigenvalue weighted by Gasteiger charge is -2.36. The van der Waals surface area contributed by atoms with Crippen LogP contribution in [-0.4, -0.2) is 73.8 Å². The van der Waals surface area contributed by atoms with Crippen LogP contribution in [0, 0.1) is 5.92 Å². The molecule has 0 aliphatic carbocycles. The zero-order valence-electron chi connectivity index (χ0n) is 33.9. The molecule has 6 rings (SSSR count). The zero-order chi connectivity index (χ0) is 40.1. The van der Waals surface area contributed by atoms with E-state index in [1.165, 1.54) is 5.56 Å². The van der Waals surface area contributed by atoms with Gasteiger partial charge in [0.25, 0.3) is 0 Å². The molecular weight excluding hydrogens is 721 g/mol. The predicted molar refractivity (Wildman–Crippen MR) is 219 cm³/mol. The summed E-state index contributed by atoms with van der Waals surface area (Å²) >= 11 is 0. The fourth-order valence-corrected chi connectivity index (χ4v) is 8.05. The first-order chi connectivity index (χ1) is 27.6. The van der Waals surface area contributed by atoms with Crippen molar-refractivity contribution in [2.45, 2.75) is 108 Å². The average Bonchev–Trinajstić information content (AvgIpc) is 3.68. The fraction of sp³-hybridized carbons (Fsp3) is 0.458. The Morgan fingerprint density at radius 2 is 1.30 bits per heavy atom. The second-order valence-electron chi connectivity index (χ2n) is 15.9. The summed E-state index contributed by atoms with van der Waals surface area (Å²) in [5.74, 6) is -2.50. The standard InChI is InChI=1S/C48H60O9/c1-36(43(52-30-39-20-12-7-13-21-39)37(2)28-38-18-10-6-11-19-38)26-27-48(49)45(54-32-41-24-16-9-17-25-41)44(53-31-40-22-14-8-15-23-40)47(57-48,34-51-35-50-5)29-42-33-55-46(3,4)56-42/h6-25,37,42-45,49H,1,26-35H2,2-5H3/t37-,42?,43-,44-,45-,47-,48?/m1/s1. The van der Waals surface area contributed by atoms with Gasteiger partial charge in [0.15, 0.2) is 11.6 Å². The van der Waals surface area contributed by atoms with Crippen LogP contribution in [0.5, 0.6) is 0 Å². The van der Waals surface area contributed by atoms with Crippen molar-refractivity contribution in [2.24, 2.45) is 5.92 Å². The quantitative estimate of drug-likeness (QED) is 0.0479. The minimum absolute atomic E-state index is 0.0224. The minimum Gasteiger partial charge on any atom is -0.369 e. The van der Waals surface area contributed by atoms with Gasteiger partial charge in [0.05, 0.1) is 45.2 Å². The van der Waals surface area contributed by atoms with Crippen molar-refractivity contribution >= 4 is 0 Å². The Hall–Kier alpha value is -3.74. The summed E-state index contributed by atoms with van der Waals surface area (Å²) in [5.41, 5.74) is 3.87. The number of benzene rings is 4. The van der Waals surface area contributed by atoms with E-state index in [-0.39, 0.29) is 51.2 Å². The van der Waals surface area contributed by atoms with Gasteiger partial charge in [0.1, 0.15) is 24.6 Å². The molecule has 4 aromatic rings. The molecule has 4 aromatic carbocycles. The molecule has 2 fully saturated rings. The number of methoxy groups -OCH3 is 1. The molecule has 2 unspecified atom stereocenters. The molecule has 2 aliphatic heterocycles. The summed E-state index contributed by atoms with van der Waals surface area (Å²) in [6.07, 6.45) is -0.702. The Kier molecular flexibility index (Phi) is 15.3. The molecule has 0 amide bonds. The fourth-order valence-electron chi connectivity index (χ4n) is 8.05. The maximum atomic E-state index is 13.0. The lowest BCUT2D eigenvalue weighted by atomic mass is 9.86. The Labute approximate surface area is 338 Å². The molecule has 0 radical (unpaired) electrons. The van der Waals surface area contributed by atoms with E-state index in [9.17, 15) is 5.11 Å². The van der Waals surface area contributed by atoms with E-state index in [1.54, 1.807) is 7.11 Å². The third kappa shape index (κ3) is 11.9. The number of rotatable bonds is 22. The van der Waals surface area contributed by atoms with Gasteiger partial charge in [0, 0.05) is 20.0 Å². The Balaban J connectivity index is 1.32. The van der Waals surface area contributed by atoms with Gasteiger partial charge in [-0.1, -0.05) is 135 Å². The van der Waals surface area contributed by atoms with E-state index in [2.05, 4.69) is 49.9 Å². The van der Waals surface area contributed by atoms with Crippen LogP contribution >= 0.6 is 0 Å². The molecule has 306 valence electrons. The summed E-state index contributed by atoms with van der Waals surface area (Å²) in [7, 11) is 1.57. The van der Waals surface area contributed by atoms with Gasteiger partial charge in [0.2, 0.25) is 0 Å². The van der Waals surface area contributed by atoms with Crippen molar-refractivity contribution in [3.05, 3.63) is 156 Å². The van der Waals surface area contributed by atoms with Gasteiger partial charge in [-0.3, -0.25) is 0 Å². The van der Waals surface area contributed by atoms with Crippen molar-refractivity contribution in [1.82, 2.24) is 0 Å². The maximum Gasteiger partial charge on any atom is 0.196 e. The number of ether oxygens (including phenoxy) is 8. The van der Waals surface area contributed by atoms with Crippen LogP contribution in [0.2, 0.25) is 0 Å². The van der Waals surface area contributed by atoms with E-state index >= 15 is 0 Å². The lowest BCUT2D eigenvalue weighted by molar-refractivity contribution is -0.275. The molecule has 0 saturated carbocycles. The highest BCUT2D eigenvalue weighted by Crippen LogP contribution is 2.48. The number of hydrogen-bond acceptors (Lipinski definition) is 9. The first kappa shape index (κ1) is 42.9. The topological polar surface area (TPSA) is 94.1 Å². The first-order valence-corrected chi connectivity index (χ1v) is 20.1. The van der Waals surface area contributed by atoms with E-state index in [1.807, 2.05) is 98.8 Å². The van der Waals surface area contributed by atoms with Gasteiger partial charge in [-0.05, 0) is 60.4 Å².